The van der Waals surface area contributed by atoms with Gasteiger partial charge in [-0.2, -0.15) is 5.10 Å². The number of aryl methyl sites for hydroxylation is 1. The van der Waals surface area contributed by atoms with Crippen molar-refractivity contribution in [2.24, 2.45) is 7.05 Å². The highest BCUT2D eigenvalue weighted by atomic mass is 19.1. The smallest absolute Gasteiger partial charge is 0.249 e. The van der Waals surface area contributed by atoms with Crippen LogP contribution >= 0.6 is 0 Å². The van der Waals surface area contributed by atoms with Gasteiger partial charge in [-0.25, -0.2) is 14.4 Å². The number of nitrogens with one attached hydrogen (secondary N) is 1. The van der Waals surface area contributed by atoms with Gasteiger partial charge in [-0.3, -0.25) is 9.48 Å². The number of halogens is 1. The van der Waals surface area contributed by atoms with E-state index in [0.29, 0.717) is 11.9 Å². The van der Waals surface area contributed by atoms with E-state index in [9.17, 15) is 4.79 Å². The van der Waals surface area contributed by atoms with E-state index < -0.39 is 5.82 Å². The standard InChI is InChI=1S/C27H34FN7O/c1-15(2)35-17(4)26(36)33(5)21-12-11-19(13-22(21)35)30-27-29-14-20(28)25(31-27)23-16(3)34(6)32-24(23)18-9-7-8-10-18/h11-15,17-18H,7-10H2,1-6H3,(H,29,30,31)/t17-/m1/s1. The summed E-state index contributed by atoms with van der Waals surface area (Å²) in [6.07, 6.45) is 5.70. The van der Waals surface area contributed by atoms with E-state index >= 15 is 4.39 Å². The molecule has 1 atom stereocenters. The summed E-state index contributed by atoms with van der Waals surface area (Å²) >= 11 is 0. The summed E-state index contributed by atoms with van der Waals surface area (Å²) in [7, 11) is 3.70. The van der Waals surface area contributed by atoms with Crippen molar-refractivity contribution < 1.29 is 9.18 Å². The Morgan fingerprint density at radius 1 is 1.14 bits per heavy atom. The quantitative estimate of drug-likeness (QED) is 0.521. The number of amides is 1. The van der Waals surface area contributed by atoms with Gasteiger partial charge in [0.05, 0.1) is 23.3 Å². The average molecular weight is 492 g/mol. The third-order valence-electron chi connectivity index (χ3n) is 7.62. The molecule has 1 N–H and O–H groups in total. The van der Waals surface area contributed by atoms with Crippen LogP contribution in [0.2, 0.25) is 0 Å². The minimum Gasteiger partial charge on any atom is -0.356 e. The number of anilines is 4. The van der Waals surface area contributed by atoms with Crippen molar-refractivity contribution in [3.8, 4) is 11.3 Å². The summed E-state index contributed by atoms with van der Waals surface area (Å²) in [5.74, 6) is 0.251. The maximum atomic E-state index is 15.1. The molecular weight excluding hydrogens is 457 g/mol. The summed E-state index contributed by atoms with van der Waals surface area (Å²) in [4.78, 5) is 25.4. The van der Waals surface area contributed by atoms with Crippen LogP contribution in [-0.4, -0.2) is 44.8 Å². The van der Waals surface area contributed by atoms with Gasteiger partial charge in [-0.05, 0) is 58.7 Å². The predicted molar refractivity (Wildman–Crippen MR) is 140 cm³/mol. The fraction of sp³-hybridized carbons (Fsp3) is 0.481. The van der Waals surface area contributed by atoms with E-state index in [1.807, 2.05) is 43.8 Å². The molecule has 8 nitrogen and oxygen atoms in total. The van der Waals surface area contributed by atoms with Crippen molar-refractivity contribution >= 4 is 28.9 Å². The van der Waals surface area contributed by atoms with E-state index in [4.69, 9.17) is 5.10 Å². The van der Waals surface area contributed by atoms with Gasteiger partial charge in [0.1, 0.15) is 11.7 Å². The maximum Gasteiger partial charge on any atom is 0.249 e. The number of likely N-dealkylation sites (N-methyl/N-ethyl adjacent to an activating group) is 1. The number of aromatic nitrogens is 4. The fourth-order valence-corrected chi connectivity index (χ4v) is 5.69. The van der Waals surface area contributed by atoms with Crippen LogP contribution in [0.15, 0.2) is 24.4 Å². The minimum atomic E-state index is -0.457. The molecule has 0 unspecified atom stereocenters. The molecule has 3 heterocycles. The molecule has 0 radical (unpaired) electrons. The molecule has 2 aliphatic rings. The van der Waals surface area contributed by atoms with Crippen LogP contribution in [0, 0.1) is 12.7 Å². The Morgan fingerprint density at radius 2 is 1.86 bits per heavy atom. The van der Waals surface area contributed by atoms with Gasteiger partial charge in [0.25, 0.3) is 0 Å². The molecule has 1 aromatic carbocycles. The van der Waals surface area contributed by atoms with Crippen molar-refractivity contribution in [2.45, 2.75) is 71.4 Å². The van der Waals surface area contributed by atoms with Gasteiger partial charge in [-0.15, -0.1) is 0 Å². The largest absolute Gasteiger partial charge is 0.356 e. The predicted octanol–water partition coefficient (Wildman–Crippen LogP) is 5.31. The van der Waals surface area contributed by atoms with Gasteiger partial charge in [-0.1, -0.05) is 12.8 Å². The van der Waals surface area contributed by atoms with Gasteiger partial charge >= 0.3 is 0 Å². The number of hydrogen-bond donors (Lipinski definition) is 1. The Hall–Kier alpha value is -3.49. The summed E-state index contributed by atoms with van der Waals surface area (Å²) in [5, 5.41) is 8.01. The van der Waals surface area contributed by atoms with Gasteiger partial charge in [0.15, 0.2) is 5.82 Å². The number of fused-ring (bicyclic) bond motifs is 1. The van der Waals surface area contributed by atoms with Crippen LogP contribution in [0.3, 0.4) is 0 Å². The molecule has 9 heteroatoms. The molecule has 1 aliphatic carbocycles. The molecule has 2 aromatic heterocycles. The van der Waals surface area contributed by atoms with Crippen molar-refractivity contribution in [3.63, 3.8) is 0 Å². The zero-order chi connectivity index (χ0) is 25.7. The Morgan fingerprint density at radius 3 is 2.56 bits per heavy atom. The van der Waals surface area contributed by atoms with Crippen LogP contribution in [-0.2, 0) is 11.8 Å². The summed E-state index contributed by atoms with van der Waals surface area (Å²) < 4.78 is 16.9. The molecule has 0 spiro atoms. The average Bonchev–Trinajstić information content (AvgIpc) is 3.47. The van der Waals surface area contributed by atoms with Crippen LogP contribution in [0.5, 0.6) is 0 Å². The summed E-state index contributed by atoms with van der Waals surface area (Å²) in [6.45, 7) is 8.03. The van der Waals surface area contributed by atoms with Gasteiger partial charge in [0.2, 0.25) is 11.9 Å². The van der Waals surface area contributed by atoms with E-state index in [2.05, 4.69) is 34.0 Å². The third-order valence-corrected chi connectivity index (χ3v) is 7.62. The first-order valence-electron chi connectivity index (χ1n) is 12.7. The van der Waals surface area contributed by atoms with Crippen LogP contribution in [0.25, 0.3) is 11.3 Å². The lowest BCUT2D eigenvalue weighted by molar-refractivity contribution is -0.119. The highest BCUT2D eigenvalue weighted by Gasteiger charge is 2.35. The van der Waals surface area contributed by atoms with E-state index in [0.717, 1.165) is 46.9 Å². The van der Waals surface area contributed by atoms with E-state index in [-0.39, 0.29) is 23.7 Å². The molecule has 5 rings (SSSR count). The number of nitrogens with zero attached hydrogens (tertiary/aromatic N) is 6. The van der Waals surface area contributed by atoms with Crippen molar-refractivity contribution in [2.75, 3.05) is 22.2 Å². The summed E-state index contributed by atoms with van der Waals surface area (Å²) in [5.41, 5.74) is 5.45. The number of benzene rings is 1. The lowest BCUT2D eigenvalue weighted by Crippen LogP contribution is -2.53. The first-order chi connectivity index (χ1) is 17.2. The Kier molecular flexibility index (Phi) is 6.18. The topological polar surface area (TPSA) is 79.2 Å². The normalized spacial score (nSPS) is 18.3. The zero-order valence-corrected chi connectivity index (χ0v) is 21.8. The molecule has 1 aliphatic heterocycles. The molecule has 0 bridgehead atoms. The second-order valence-electron chi connectivity index (χ2n) is 10.2. The van der Waals surface area contributed by atoms with Crippen molar-refractivity contribution in [1.29, 1.82) is 0 Å². The van der Waals surface area contributed by atoms with Gasteiger partial charge in [0, 0.05) is 43.0 Å². The molecule has 36 heavy (non-hydrogen) atoms. The second kappa shape index (κ2) is 9.19. The molecule has 3 aromatic rings. The van der Waals surface area contributed by atoms with Crippen LogP contribution < -0.4 is 15.1 Å². The lowest BCUT2D eigenvalue weighted by Gasteiger charge is -2.42. The van der Waals surface area contributed by atoms with Crippen molar-refractivity contribution in [1.82, 2.24) is 19.7 Å². The Labute approximate surface area is 211 Å². The SMILES string of the molecule is Cc1c(-c2nc(Nc3ccc4c(c3)N(C(C)C)[C@H](C)C(=O)N4C)ncc2F)c(C2CCCC2)nn1C. The number of hydrogen-bond acceptors (Lipinski definition) is 6. The monoisotopic (exact) mass is 491 g/mol. The first kappa shape index (κ1) is 24.2. The fourth-order valence-electron chi connectivity index (χ4n) is 5.69. The molecule has 1 saturated carbocycles. The zero-order valence-electron chi connectivity index (χ0n) is 21.8. The molecule has 0 saturated heterocycles. The van der Waals surface area contributed by atoms with Crippen molar-refractivity contribution in [3.05, 3.63) is 41.6 Å². The Balaban J connectivity index is 1.52. The molecule has 1 amide bonds. The minimum absolute atomic E-state index is 0.0633. The molecule has 190 valence electrons. The highest BCUT2D eigenvalue weighted by molar-refractivity contribution is 6.05. The van der Waals surface area contributed by atoms with Crippen LogP contribution in [0.4, 0.5) is 27.4 Å². The number of rotatable bonds is 5. The Bertz CT molecular complexity index is 1310. The molecular formula is C27H34FN7O. The van der Waals surface area contributed by atoms with Gasteiger partial charge < -0.3 is 15.1 Å². The third kappa shape index (κ3) is 4.00. The molecule has 1 fully saturated rings. The number of carbonyl (C=O) groups excluding carboxylic acids is 1. The first-order valence-corrected chi connectivity index (χ1v) is 12.7. The second-order valence-corrected chi connectivity index (χ2v) is 10.2. The number of carbonyl (C=O) groups is 1. The maximum absolute atomic E-state index is 15.1. The summed E-state index contributed by atoms with van der Waals surface area (Å²) in [6, 6.07) is 5.69. The van der Waals surface area contributed by atoms with E-state index in [1.54, 1.807) is 11.9 Å². The highest BCUT2D eigenvalue weighted by Crippen LogP contribution is 2.41. The lowest BCUT2D eigenvalue weighted by atomic mass is 9.97. The van der Waals surface area contributed by atoms with Crippen LogP contribution in [0.1, 0.15) is 63.8 Å². The van der Waals surface area contributed by atoms with E-state index in [1.165, 1.54) is 19.0 Å².